The monoisotopic (exact) mass is 100.0 g/mol. The van der Waals surface area contributed by atoms with Crippen molar-refractivity contribution < 1.29 is 5.11 Å². The van der Waals surface area contributed by atoms with Crippen molar-refractivity contribution in [3.8, 4) is 0 Å². The van der Waals surface area contributed by atoms with Gasteiger partial charge < -0.3 is 5.11 Å². The molecule has 0 aromatic heterocycles. The van der Waals surface area contributed by atoms with Crippen molar-refractivity contribution in [2.75, 3.05) is 6.07 Å². The minimum atomic E-state index is -0.278. The summed E-state index contributed by atoms with van der Waals surface area (Å²) in [5.41, 5.74) is 0. The number of aliphatic hydroxyl groups excluding tert-OH is 1. The first-order valence-corrected chi connectivity index (χ1v) is 1.12. The van der Waals surface area contributed by atoms with Crippen LogP contribution in [0.25, 0.3) is 0 Å². The van der Waals surface area contributed by atoms with Crippen LogP contribution in [0.2, 0.25) is 0 Å². The Morgan fingerprint density at radius 2 is 1.75 bits per heavy atom. The lowest BCUT2D eigenvalue weighted by molar-refractivity contribution is 0.370. The molecule has 1 atom stereocenters. The van der Waals surface area contributed by atoms with Crippen LogP contribution in [-0.4, -0.2) is 11.2 Å². The van der Waals surface area contributed by atoms with Gasteiger partial charge in [-0.3, -0.25) is 0 Å². The van der Waals surface area contributed by atoms with E-state index in [1.807, 2.05) is 0 Å². The standard InChI is InChI=1S/CH3ClO.H3P/c2-1-3;/h3H,1H2;1H3. The fraction of sp³-hybridized carbons (Fsp3) is 1.00. The van der Waals surface area contributed by atoms with E-state index in [0.29, 0.717) is 0 Å². The fourth-order valence-electron chi connectivity index (χ4n) is 0. The molecule has 0 saturated carbocycles. The van der Waals surface area contributed by atoms with Crippen LogP contribution in [-0.2, 0) is 0 Å². The topological polar surface area (TPSA) is 20.2 Å². The summed E-state index contributed by atoms with van der Waals surface area (Å²) in [6.07, 6.45) is 0. The van der Waals surface area contributed by atoms with E-state index in [4.69, 9.17) is 5.11 Å². The van der Waals surface area contributed by atoms with E-state index in [-0.39, 0.29) is 16.0 Å². The maximum atomic E-state index is 7.33. The number of halogens is 1. The first kappa shape index (κ1) is 8.82. The quantitative estimate of drug-likeness (QED) is 0.341. The molecule has 0 fully saturated rings. The smallest absolute Gasteiger partial charge is 0.117 e. The summed E-state index contributed by atoms with van der Waals surface area (Å²) >= 11 is 4.55. The molecule has 0 aromatic rings. The van der Waals surface area contributed by atoms with Gasteiger partial charge in [0.05, 0.1) is 0 Å². The third kappa shape index (κ3) is 16.4. The van der Waals surface area contributed by atoms with Gasteiger partial charge in [0.1, 0.15) is 6.07 Å². The largest absolute Gasteiger partial charge is 0.381 e. The molecule has 1 N–H and O–H groups in total. The highest BCUT2D eigenvalue weighted by atomic mass is 35.5. The van der Waals surface area contributed by atoms with Gasteiger partial charge in [-0.25, -0.2) is 0 Å². The van der Waals surface area contributed by atoms with Gasteiger partial charge in [0, 0.05) is 0 Å². The molecular formula is CH6ClOP. The molecule has 0 aliphatic rings. The third-order valence-electron chi connectivity index (χ3n) is 0. The van der Waals surface area contributed by atoms with Gasteiger partial charge in [0.2, 0.25) is 0 Å². The molecule has 0 saturated heterocycles. The summed E-state index contributed by atoms with van der Waals surface area (Å²) in [5.74, 6) is 0. The zero-order chi connectivity index (χ0) is 2.71. The van der Waals surface area contributed by atoms with Gasteiger partial charge in [-0.2, -0.15) is 9.90 Å². The first-order chi connectivity index (χ1) is 1.41. The molecule has 0 spiro atoms. The highest BCUT2D eigenvalue weighted by Gasteiger charge is 1.37. The maximum Gasteiger partial charge on any atom is 0.117 e. The van der Waals surface area contributed by atoms with Gasteiger partial charge >= 0.3 is 0 Å². The molecule has 0 radical (unpaired) electrons. The number of alkyl halides is 1. The number of hydrogen-bond acceptors (Lipinski definition) is 1. The first-order valence-electron chi connectivity index (χ1n) is 0.583. The Bertz CT molecular complexity index is 8.00. The minimum Gasteiger partial charge on any atom is -0.381 e. The summed E-state index contributed by atoms with van der Waals surface area (Å²) in [6, 6.07) is -0.278. The van der Waals surface area contributed by atoms with Crippen molar-refractivity contribution in [3.05, 3.63) is 0 Å². The van der Waals surface area contributed by atoms with E-state index in [2.05, 4.69) is 11.6 Å². The zero-order valence-corrected chi connectivity index (χ0v) is 4.41. The summed E-state index contributed by atoms with van der Waals surface area (Å²) in [5, 5.41) is 7.33. The maximum absolute atomic E-state index is 7.33. The van der Waals surface area contributed by atoms with Crippen molar-refractivity contribution in [1.82, 2.24) is 0 Å². The van der Waals surface area contributed by atoms with Crippen LogP contribution in [0.4, 0.5) is 0 Å². The molecule has 0 aliphatic carbocycles. The normalized spacial score (nSPS) is 4.50. The predicted octanol–water partition coefficient (Wildman–Crippen LogP) is 0.233. The Balaban J connectivity index is 0. The predicted molar refractivity (Wildman–Crippen MR) is 24.0 cm³/mol. The van der Waals surface area contributed by atoms with Crippen molar-refractivity contribution in [3.63, 3.8) is 0 Å². The van der Waals surface area contributed by atoms with Crippen LogP contribution < -0.4 is 0 Å². The fourth-order valence-corrected chi connectivity index (χ4v) is 0. The van der Waals surface area contributed by atoms with Crippen molar-refractivity contribution in [2.45, 2.75) is 0 Å². The van der Waals surface area contributed by atoms with Gasteiger partial charge in [-0.15, -0.1) is 0 Å². The second kappa shape index (κ2) is 9.36. The third-order valence-corrected chi connectivity index (χ3v) is 0. The van der Waals surface area contributed by atoms with E-state index in [0.717, 1.165) is 0 Å². The molecule has 1 unspecified atom stereocenters. The summed E-state index contributed by atoms with van der Waals surface area (Å²) in [7, 11) is 0. The van der Waals surface area contributed by atoms with Crippen LogP contribution in [0.3, 0.4) is 0 Å². The summed E-state index contributed by atoms with van der Waals surface area (Å²) in [6.45, 7) is 0. The zero-order valence-electron chi connectivity index (χ0n) is 2.24. The molecule has 4 heavy (non-hydrogen) atoms. The average Bonchev–Trinajstić information content (AvgIpc) is 0.918. The van der Waals surface area contributed by atoms with Gasteiger partial charge in [-0.05, 0) is 0 Å². The lowest BCUT2D eigenvalue weighted by Gasteiger charge is -1.49. The lowest BCUT2D eigenvalue weighted by Crippen LogP contribution is -1.49. The Kier molecular flexibility index (Phi) is 20.7. The van der Waals surface area contributed by atoms with E-state index < -0.39 is 0 Å². The van der Waals surface area contributed by atoms with Crippen LogP contribution in [0.5, 0.6) is 0 Å². The van der Waals surface area contributed by atoms with E-state index in [1.165, 1.54) is 0 Å². The van der Waals surface area contributed by atoms with Crippen LogP contribution in [0.15, 0.2) is 0 Å². The van der Waals surface area contributed by atoms with Crippen LogP contribution in [0.1, 0.15) is 0 Å². The molecule has 28 valence electrons. The molecule has 0 aliphatic heterocycles. The number of rotatable bonds is 0. The van der Waals surface area contributed by atoms with Crippen LogP contribution in [0, 0.1) is 0 Å². The Morgan fingerprint density at radius 3 is 1.75 bits per heavy atom. The van der Waals surface area contributed by atoms with Gasteiger partial charge in [0.25, 0.3) is 0 Å². The van der Waals surface area contributed by atoms with E-state index >= 15 is 0 Å². The Labute approximate surface area is 33.6 Å². The Morgan fingerprint density at radius 1 is 1.75 bits per heavy atom. The van der Waals surface area contributed by atoms with E-state index in [1.54, 1.807) is 0 Å². The Hall–Kier alpha value is 0.680. The molecule has 0 rings (SSSR count). The molecule has 0 bridgehead atoms. The van der Waals surface area contributed by atoms with Crippen LogP contribution >= 0.6 is 21.5 Å². The number of hydrogen-bond donors (Lipinski definition) is 1. The summed E-state index contributed by atoms with van der Waals surface area (Å²) in [4.78, 5) is 0. The molecule has 0 aromatic carbocycles. The SMILES string of the molecule is OCCl.P. The highest BCUT2D eigenvalue weighted by Crippen LogP contribution is 1.53. The second-order valence-electron chi connectivity index (χ2n) is 0.120. The minimum absolute atomic E-state index is 0. The molecule has 0 amide bonds. The average molecular weight is 100 g/mol. The highest BCUT2D eigenvalue weighted by molar-refractivity contribution is 6.92. The van der Waals surface area contributed by atoms with Crippen molar-refractivity contribution >= 4 is 21.5 Å². The van der Waals surface area contributed by atoms with Crippen molar-refractivity contribution in [2.24, 2.45) is 0 Å². The molecule has 3 heteroatoms. The second-order valence-corrected chi connectivity index (χ2v) is 0.359. The van der Waals surface area contributed by atoms with Gasteiger partial charge in [0.15, 0.2) is 0 Å². The molecule has 1 nitrogen and oxygen atoms in total. The summed E-state index contributed by atoms with van der Waals surface area (Å²) < 4.78 is 0. The number of aliphatic hydroxyl groups is 1. The van der Waals surface area contributed by atoms with Gasteiger partial charge in [-0.1, -0.05) is 11.6 Å². The molecular weight excluding hydrogens is 94.4 g/mol. The van der Waals surface area contributed by atoms with E-state index in [9.17, 15) is 0 Å². The lowest BCUT2D eigenvalue weighted by atomic mass is 11.7. The van der Waals surface area contributed by atoms with Crippen molar-refractivity contribution in [1.29, 1.82) is 0 Å². The molecule has 0 heterocycles.